The number of para-hydroxylation sites is 2. The zero-order valence-electron chi connectivity index (χ0n) is 10.2. The van der Waals surface area contributed by atoms with Gasteiger partial charge in [-0.25, -0.2) is 0 Å². The maximum absolute atomic E-state index is 12.8. The summed E-state index contributed by atoms with van der Waals surface area (Å²) < 4.78 is 48.9. The van der Waals surface area contributed by atoms with Gasteiger partial charge in [0.25, 0.3) is 0 Å². The van der Waals surface area contributed by atoms with Gasteiger partial charge in [0.15, 0.2) is 17.2 Å². The first-order valence-electron chi connectivity index (χ1n) is 5.70. The van der Waals surface area contributed by atoms with Crippen molar-refractivity contribution in [3.63, 3.8) is 0 Å². The molecular weight excluding hydrogens is 291 g/mol. The summed E-state index contributed by atoms with van der Waals surface area (Å²) in [6, 6.07) is 7.32. The molecule has 0 fully saturated rings. The molecule has 0 radical (unpaired) electrons. The van der Waals surface area contributed by atoms with E-state index in [-0.39, 0.29) is 23.0 Å². The number of fused-ring (bicyclic) bond motifs is 2. The molecule has 5 nitrogen and oxygen atoms in total. The molecule has 3 rings (SSSR count). The van der Waals surface area contributed by atoms with Gasteiger partial charge in [0.05, 0.1) is 10.5 Å². The van der Waals surface area contributed by atoms with Crippen molar-refractivity contribution < 1.29 is 27.6 Å². The molecule has 0 spiro atoms. The minimum Gasteiger partial charge on any atom is -0.449 e. The molecule has 0 atom stereocenters. The van der Waals surface area contributed by atoms with E-state index in [1.165, 1.54) is 12.1 Å². The number of benzene rings is 2. The molecule has 1 aliphatic rings. The predicted octanol–water partition coefficient (Wildman–Crippen LogP) is 4.51. The van der Waals surface area contributed by atoms with Crippen molar-refractivity contribution in [3.8, 4) is 23.0 Å². The van der Waals surface area contributed by atoms with Crippen LogP contribution in [0.25, 0.3) is 0 Å². The van der Waals surface area contributed by atoms with Gasteiger partial charge in [0.1, 0.15) is 0 Å². The van der Waals surface area contributed by atoms with Crippen LogP contribution in [0.3, 0.4) is 0 Å². The molecule has 108 valence electrons. The Morgan fingerprint density at radius 1 is 1.00 bits per heavy atom. The molecule has 21 heavy (non-hydrogen) atoms. The van der Waals surface area contributed by atoms with Crippen LogP contribution in [-0.4, -0.2) is 4.92 Å². The second kappa shape index (κ2) is 4.37. The van der Waals surface area contributed by atoms with Crippen molar-refractivity contribution in [3.05, 3.63) is 52.1 Å². The minimum absolute atomic E-state index is 0.193. The zero-order valence-corrected chi connectivity index (χ0v) is 10.2. The summed E-state index contributed by atoms with van der Waals surface area (Å²) in [4.78, 5) is 10.0. The average molecular weight is 297 g/mol. The monoisotopic (exact) mass is 297 g/mol. The third-order valence-electron chi connectivity index (χ3n) is 2.84. The molecule has 8 heteroatoms. The fraction of sp³-hybridized carbons (Fsp3) is 0.0769. The summed E-state index contributed by atoms with van der Waals surface area (Å²) in [5.74, 6) is -0.284. The molecule has 0 unspecified atom stereocenters. The summed E-state index contributed by atoms with van der Waals surface area (Å²) in [6.45, 7) is 0. The van der Waals surface area contributed by atoms with E-state index in [2.05, 4.69) is 0 Å². The number of rotatable bonds is 1. The van der Waals surface area contributed by atoms with E-state index in [4.69, 9.17) is 9.47 Å². The van der Waals surface area contributed by atoms with Crippen molar-refractivity contribution in [2.24, 2.45) is 0 Å². The summed E-state index contributed by atoms with van der Waals surface area (Å²) in [6.07, 6.45) is -4.72. The molecule has 0 aliphatic carbocycles. The van der Waals surface area contributed by atoms with Gasteiger partial charge < -0.3 is 9.47 Å². The lowest BCUT2D eigenvalue weighted by Crippen LogP contribution is -2.09. The summed E-state index contributed by atoms with van der Waals surface area (Å²) in [5, 5.41) is 11.0. The maximum Gasteiger partial charge on any atom is 0.416 e. The van der Waals surface area contributed by atoms with Gasteiger partial charge in [-0.2, -0.15) is 13.2 Å². The quantitative estimate of drug-likeness (QED) is 0.489. The van der Waals surface area contributed by atoms with Crippen LogP contribution in [0.5, 0.6) is 23.0 Å². The first-order chi connectivity index (χ1) is 9.86. The minimum atomic E-state index is -4.72. The Morgan fingerprint density at radius 2 is 1.62 bits per heavy atom. The number of hydrogen-bond acceptors (Lipinski definition) is 4. The third-order valence-corrected chi connectivity index (χ3v) is 2.84. The summed E-state index contributed by atoms with van der Waals surface area (Å²) in [5.41, 5.74) is -1.97. The van der Waals surface area contributed by atoms with Gasteiger partial charge in [0, 0.05) is 6.07 Å². The Bertz CT molecular complexity index is 743. The standard InChI is InChI=1S/C13H6F3NO4/c14-13(15,16)7-5-8(17(18)19)12-11(6-7)20-9-3-1-2-4-10(9)21-12/h1-6H. The lowest BCUT2D eigenvalue weighted by molar-refractivity contribution is -0.386. The van der Waals surface area contributed by atoms with Crippen LogP contribution in [0, 0.1) is 10.1 Å². The van der Waals surface area contributed by atoms with Crippen molar-refractivity contribution >= 4 is 5.69 Å². The first kappa shape index (κ1) is 13.2. The molecule has 0 aromatic heterocycles. The number of ether oxygens (including phenoxy) is 2. The van der Waals surface area contributed by atoms with E-state index in [1.54, 1.807) is 12.1 Å². The Kier molecular flexibility index (Phi) is 2.75. The first-order valence-corrected chi connectivity index (χ1v) is 5.70. The Morgan fingerprint density at radius 3 is 2.19 bits per heavy atom. The number of halogens is 3. The molecule has 0 saturated heterocycles. The number of nitro benzene ring substituents is 1. The highest BCUT2D eigenvalue weighted by atomic mass is 19.4. The highest BCUT2D eigenvalue weighted by Crippen LogP contribution is 2.51. The number of alkyl halides is 3. The van der Waals surface area contributed by atoms with Gasteiger partial charge in [-0.15, -0.1) is 0 Å². The Hall–Kier alpha value is -2.77. The van der Waals surface area contributed by atoms with Crippen LogP contribution in [0.4, 0.5) is 18.9 Å². The van der Waals surface area contributed by atoms with E-state index in [9.17, 15) is 23.3 Å². The van der Waals surface area contributed by atoms with Crippen molar-refractivity contribution in [1.29, 1.82) is 0 Å². The van der Waals surface area contributed by atoms with E-state index < -0.39 is 22.4 Å². The van der Waals surface area contributed by atoms with Gasteiger partial charge in [-0.05, 0) is 18.2 Å². The summed E-state index contributed by atoms with van der Waals surface area (Å²) >= 11 is 0. The van der Waals surface area contributed by atoms with Crippen LogP contribution < -0.4 is 9.47 Å². The highest BCUT2D eigenvalue weighted by Gasteiger charge is 2.37. The Balaban J connectivity index is 2.19. The van der Waals surface area contributed by atoms with Gasteiger partial charge in [0.2, 0.25) is 5.75 Å². The molecule has 2 aromatic carbocycles. The molecule has 0 saturated carbocycles. The van der Waals surface area contributed by atoms with E-state index >= 15 is 0 Å². The number of nitrogens with zero attached hydrogens (tertiary/aromatic N) is 1. The fourth-order valence-corrected chi connectivity index (χ4v) is 1.91. The van der Waals surface area contributed by atoms with Crippen LogP contribution in [0.15, 0.2) is 36.4 Å². The van der Waals surface area contributed by atoms with Crippen LogP contribution in [0.2, 0.25) is 0 Å². The van der Waals surface area contributed by atoms with Crippen LogP contribution in [0.1, 0.15) is 5.56 Å². The molecule has 0 N–H and O–H groups in total. The van der Waals surface area contributed by atoms with Crippen molar-refractivity contribution in [1.82, 2.24) is 0 Å². The molecule has 0 bridgehead atoms. The van der Waals surface area contributed by atoms with Crippen LogP contribution >= 0.6 is 0 Å². The van der Waals surface area contributed by atoms with E-state index in [0.29, 0.717) is 12.1 Å². The normalized spacial score (nSPS) is 12.7. The zero-order chi connectivity index (χ0) is 15.2. The topological polar surface area (TPSA) is 61.6 Å². The maximum atomic E-state index is 12.8. The molecule has 2 aromatic rings. The Labute approximate surface area is 115 Å². The van der Waals surface area contributed by atoms with Crippen LogP contribution in [-0.2, 0) is 6.18 Å². The lowest BCUT2D eigenvalue weighted by Gasteiger charge is -2.21. The second-order valence-corrected chi connectivity index (χ2v) is 4.23. The SMILES string of the molecule is O=[N+]([O-])c1cc(C(F)(F)F)cc2c1Oc1ccccc1O2. The lowest BCUT2D eigenvalue weighted by atomic mass is 10.1. The molecular formula is C13H6F3NO4. The smallest absolute Gasteiger partial charge is 0.416 e. The number of nitro groups is 1. The van der Waals surface area contributed by atoms with E-state index in [0.717, 1.165) is 0 Å². The van der Waals surface area contributed by atoms with Gasteiger partial charge in [-0.1, -0.05) is 12.1 Å². The largest absolute Gasteiger partial charge is 0.449 e. The van der Waals surface area contributed by atoms with Gasteiger partial charge >= 0.3 is 11.9 Å². The number of hydrogen-bond donors (Lipinski definition) is 0. The highest BCUT2D eigenvalue weighted by molar-refractivity contribution is 5.64. The van der Waals surface area contributed by atoms with E-state index in [1.807, 2.05) is 0 Å². The van der Waals surface area contributed by atoms with Gasteiger partial charge in [-0.3, -0.25) is 10.1 Å². The molecule has 1 heterocycles. The summed E-state index contributed by atoms with van der Waals surface area (Å²) in [7, 11) is 0. The molecule has 0 amide bonds. The van der Waals surface area contributed by atoms with Crippen molar-refractivity contribution in [2.75, 3.05) is 0 Å². The fourth-order valence-electron chi connectivity index (χ4n) is 1.91. The third kappa shape index (κ3) is 2.24. The average Bonchev–Trinajstić information content (AvgIpc) is 2.42. The molecule has 1 aliphatic heterocycles. The van der Waals surface area contributed by atoms with Crippen molar-refractivity contribution in [2.45, 2.75) is 6.18 Å². The second-order valence-electron chi connectivity index (χ2n) is 4.23. The predicted molar refractivity (Wildman–Crippen MR) is 64.7 cm³/mol.